The molecule has 154 valence electrons. The minimum atomic E-state index is -0.519. The molecule has 0 saturated heterocycles. The van der Waals surface area contributed by atoms with Crippen LogP contribution in [0.1, 0.15) is 38.2 Å². The van der Waals surface area contributed by atoms with Gasteiger partial charge >= 0.3 is 0 Å². The second kappa shape index (κ2) is 10.7. The number of halogens is 1. The van der Waals surface area contributed by atoms with Crippen LogP contribution in [0.25, 0.3) is 0 Å². The van der Waals surface area contributed by atoms with Gasteiger partial charge < -0.3 is 10.2 Å². The summed E-state index contributed by atoms with van der Waals surface area (Å²) in [5, 5.41) is 3.80. The first-order chi connectivity index (χ1) is 14.0. The van der Waals surface area contributed by atoms with Crippen LogP contribution < -0.4 is 5.32 Å². The van der Waals surface area contributed by atoms with Crippen molar-refractivity contribution in [3.05, 3.63) is 65.2 Å². The number of rotatable bonds is 8. The first-order valence-corrected chi connectivity index (χ1v) is 11.4. The molecule has 4 nitrogen and oxygen atoms in total. The van der Waals surface area contributed by atoms with Gasteiger partial charge in [-0.05, 0) is 49.6 Å². The van der Waals surface area contributed by atoms with E-state index in [0.29, 0.717) is 11.6 Å². The van der Waals surface area contributed by atoms with Crippen molar-refractivity contribution in [1.29, 1.82) is 0 Å². The van der Waals surface area contributed by atoms with Crippen molar-refractivity contribution in [2.45, 2.75) is 56.1 Å². The first-order valence-electron chi connectivity index (χ1n) is 10.0. The van der Waals surface area contributed by atoms with E-state index in [-0.39, 0.29) is 23.6 Å². The van der Waals surface area contributed by atoms with E-state index >= 15 is 0 Å². The van der Waals surface area contributed by atoms with Crippen LogP contribution in [0.3, 0.4) is 0 Å². The largest absolute Gasteiger partial charge is 0.352 e. The van der Waals surface area contributed by atoms with E-state index in [0.717, 1.165) is 36.1 Å². The molecule has 2 aromatic carbocycles. The van der Waals surface area contributed by atoms with Crippen molar-refractivity contribution in [2.75, 3.05) is 5.75 Å². The molecule has 0 aliphatic heterocycles. The summed E-state index contributed by atoms with van der Waals surface area (Å²) in [6, 6.07) is 17.0. The van der Waals surface area contributed by atoms with Gasteiger partial charge in [-0.15, -0.1) is 11.8 Å². The third-order valence-electron chi connectivity index (χ3n) is 5.24. The van der Waals surface area contributed by atoms with Gasteiger partial charge in [0.15, 0.2) is 0 Å². The normalized spacial score (nSPS) is 15.1. The Morgan fingerprint density at radius 1 is 1.10 bits per heavy atom. The fourth-order valence-electron chi connectivity index (χ4n) is 3.51. The van der Waals surface area contributed by atoms with Gasteiger partial charge in [0, 0.05) is 22.5 Å². The van der Waals surface area contributed by atoms with Gasteiger partial charge in [0.05, 0.1) is 5.75 Å². The van der Waals surface area contributed by atoms with E-state index < -0.39 is 6.04 Å². The molecule has 1 atom stereocenters. The van der Waals surface area contributed by atoms with E-state index in [4.69, 9.17) is 11.6 Å². The van der Waals surface area contributed by atoms with Crippen molar-refractivity contribution in [3.8, 4) is 0 Å². The van der Waals surface area contributed by atoms with E-state index in [1.54, 1.807) is 4.90 Å². The van der Waals surface area contributed by atoms with Crippen molar-refractivity contribution in [1.82, 2.24) is 10.2 Å². The van der Waals surface area contributed by atoms with Crippen molar-refractivity contribution < 1.29 is 9.59 Å². The van der Waals surface area contributed by atoms with Gasteiger partial charge in [0.2, 0.25) is 11.8 Å². The van der Waals surface area contributed by atoms with Gasteiger partial charge in [0.1, 0.15) is 6.04 Å². The summed E-state index contributed by atoms with van der Waals surface area (Å²) in [6.45, 7) is 2.23. The Bertz CT molecular complexity index is 807. The minimum absolute atomic E-state index is 0.0529. The fourth-order valence-corrected chi connectivity index (χ4v) is 4.42. The predicted octanol–water partition coefficient (Wildman–Crippen LogP) is 4.91. The van der Waals surface area contributed by atoms with E-state index in [2.05, 4.69) is 5.32 Å². The molecule has 1 fully saturated rings. The molecule has 2 aromatic rings. The van der Waals surface area contributed by atoms with Gasteiger partial charge in [-0.25, -0.2) is 0 Å². The molecule has 0 heterocycles. The SMILES string of the molecule is CC(C(=O)NC1CCCC1)N(Cc1ccccc1)C(=O)CSc1ccc(Cl)cc1. The summed E-state index contributed by atoms with van der Waals surface area (Å²) in [7, 11) is 0. The van der Waals surface area contributed by atoms with E-state index in [9.17, 15) is 9.59 Å². The molecule has 1 aliphatic rings. The standard InChI is InChI=1S/C23H27ClN2O2S/c1-17(23(28)25-20-9-5-6-10-20)26(15-18-7-3-2-4-8-18)22(27)16-29-21-13-11-19(24)12-14-21/h2-4,7-8,11-14,17,20H,5-6,9-10,15-16H2,1H3,(H,25,28). The molecule has 1 aliphatic carbocycles. The van der Waals surface area contributed by atoms with E-state index in [1.165, 1.54) is 11.8 Å². The zero-order chi connectivity index (χ0) is 20.6. The highest BCUT2D eigenvalue weighted by Gasteiger charge is 2.28. The molecule has 6 heteroatoms. The molecule has 1 N–H and O–H groups in total. The van der Waals surface area contributed by atoms with Crippen LogP contribution in [0.4, 0.5) is 0 Å². The van der Waals surface area contributed by atoms with Gasteiger partial charge in [-0.2, -0.15) is 0 Å². The molecular weight excluding hydrogens is 404 g/mol. The molecule has 0 aromatic heterocycles. The predicted molar refractivity (Wildman–Crippen MR) is 119 cm³/mol. The lowest BCUT2D eigenvalue weighted by Crippen LogP contribution is -2.50. The highest BCUT2D eigenvalue weighted by Crippen LogP contribution is 2.22. The molecule has 1 unspecified atom stereocenters. The number of nitrogens with one attached hydrogen (secondary N) is 1. The number of hydrogen-bond acceptors (Lipinski definition) is 3. The maximum Gasteiger partial charge on any atom is 0.242 e. The summed E-state index contributed by atoms with van der Waals surface area (Å²) in [5.74, 6) is 0.149. The maximum atomic E-state index is 13.1. The smallest absolute Gasteiger partial charge is 0.242 e. The molecule has 0 spiro atoms. The topological polar surface area (TPSA) is 49.4 Å². The minimum Gasteiger partial charge on any atom is -0.352 e. The molecule has 29 heavy (non-hydrogen) atoms. The first kappa shape index (κ1) is 21.7. The van der Waals surface area contributed by atoms with Gasteiger partial charge in [-0.1, -0.05) is 54.8 Å². The Hall–Kier alpha value is -1.98. The average molecular weight is 431 g/mol. The van der Waals surface area contributed by atoms with E-state index in [1.807, 2.05) is 61.5 Å². The molecule has 1 saturated carbocycles. The molecule has 0 bridgehead atoms. The number of carbonyl (C=O) groups excluding carboxylic acids is 2. The van der Waals surface area contributed by atoms with Gasteiger partial charge in [-0.3, -0.25) is 9.59 Å². The van der Waals surface area contributed by atoms with Crippen LogP contribution >= 0.6 is 23.4 Å². The number of carbonyl (C=O) groups is 2. The average Bonchev–Trinajstić information content (AvgIpc) is 3.24. The third-order valence-corrected chi connectivity index (χ3v) is 6.49. The highest BCUT2D eigenvalue weighted by molar-refractivity contribution is 8.00. The summed E-state index contributed by atoms with van der Waals surface area (Å²) in [6.07, 6.45) is 4.36. The second-order valence-corrected chi connectivity index (χ2v) is 8.90. The summed E-state index contributed by atoms with van der Waals surface area (Å²) in [5.41, 5.74) is 1.01. The van der Waals surface area contributed by atoms with Crippen LogP contribution in [-0.2, 0) is 16.1 Å². The molecule has 0 radical (unpaired) electrons. The van der Waals surface area contributed by atoms with Crippen molar-refractivity contribution in [2.24, 2.45) is 0 Å². The molecule has 2 amide bonds. The number of thioether (sulfide) groups is 1. The lowest BCUT2D eigenvalue weighted by molar-refractivity contribution is -0.138. The third kappa shape index (κ3) is 6.51. The highest BCUT2D eigenvalue weighted by atomic mass is 35.5. The number of amides is 2. The molecular formula is C23H27ClN2O2S. The summed E-state index contributed by atoms with van der Waals surface area (Å²) >= 11 is 7.39. The Labute approximate surface area is 182 Å². The quantitative estimate of drug-likeness (QED) is 0.605. The zero-order valence-corrected chi connectivity index (χ0v) is 18.2. The fraction of sp³-hybridized carbons (Fsp3) is 0.391. The zero-order valence-electron chi connectivity index (χ0n) is 16.6. The number of hydrogen-bond donors (Lipinski definition) is 1. The lowest BCUT2D eigenvalue weighted by atomic mass is 10.1. The van der Waals surface area contributed by atoms with Gasteiger partial charge in [0.25, 0.3) is 0 Å². The number of benzene rings is 2. The molecule has 3 rings (SSSR count). The Balaban J connectivity index is 1.67. The maximum absolute atomic E-state index is 13.1. The second-order valence-electron chi connectivity index (χ2n) is 7.42. The summed E-state index contributed by atoms with van der Waals surface area (Å²) < 4.78 is 0. The number of nitrogens with zero attached hydrogens (tertiary/aromatic N) is 1. The van der Waals surface area contributed by atoms with Crippen molar-refractivity contribution in [3.63, 3.8) is 0 Å². The monoisotopic (exact) mass is 430 g/mol. The Morgan fingerprint density at radius 2 is 1.76 bits per heavy atom. The van der Waals surface area contributed by atoms with Crippen LogP contribution in [0.2, 0.25) is 5.02 Å². The Kier molecular flexibility index (Phi) is 8.01. The van der Waals surface area contributed by atoms with Crippen LogP contribution in [-0.4, -0.2) is 34.6 Å². The van der Waals surface area contributed by atoms with Crippen molar-refractivity contribution >= 4 is 35.2 Å². The van der Waals surface area contributed by atoms with Crippen LogP contribution in [0, 0.1) is 0 Å². The summed E-state index contributed by atoms with van der Waals surface area (Å²) in [4.78, 5) is 28.6. The lowest BCUT2D eigenvalue weighted by Gasteiger charge is -2.29. The van der Waals surface area contributed by atoms with Crippen LogP contribution in [0.5, 0.6) is 0 Å². The Morgan fingerprint density at radius 3 is 2.41 bits per heavy atom. The van der Waals surface area contributed by atoms with Crippen LogP contribution in [0.15, 0.2) is 59.5 Å².